The summed E-state index contributed by atoms with van der Waals surface area (Å²) in [5, 5.41) is 3.46. The van der Waals surface area contributed by atoms with Crippen molar-refractivity contribution < 1.29 is 9.59 Å². The third-order valence-corrected chi connectivity index (χ3v) is 4.24. The first-order valence-electron chi connectivity index (χ1n) is 7.66. The van der Waals surface area contributed by atoms with Gasteiger partial charge in [0.2, 0.25) is 11.8 Å². The Kier molecular flexibility index (Phi) is 4.83. The van der Waals surface area contributed by atoms with E-state index in [9.17, 15) is 9.59 Å². The van der Waals surface area contributed by atoms with Gasteiger partial charge in [-0.25, -0.2) is 0 Å². The minimum absolute atomic E-state index is 0.0375. The lowest BCUT2D eigenvalue weighted by atomic mass is 10.2. The van der Waals surface area contributed by atoms with Gasteiger partial charge in [-0.05, 0) is 30.8 Å². The van der Waals surface area contributed by atoms with Crippen LogP contribution in [0.4, 0.5) is 11.4 Å². The van der Waals surface area contributed by atoms with E-state index in [0.29, 0.717) is 17.3 Å². The number of benzene rings is 2. The fourth-order valence-electron chi connectivity index (χ4n) is 2.75. The molecule has 0 saturated heterocycles. The quantitative estimate of drug-likeness (QED) is 0.928. The predicted molar refractivity (Wildman–Crippen MR) is 95.2 cm³/mol. The average Bonchev–Trinajstić information content (AvgIpc) is 2.56. The summed E-state index contributed by atoms with van der Waals surface area (Å²) in [5.41, 5.74) is 2.36. The number of carbonyl (C=O) groups excluding carboxylic acids is 2. The minimum Gasteiger partial charge on any atom is -0.323 e. The first kappa shape index (κ1) is 16.5. The van der Waals surface area contributed by atoms with E-state index in [1.807, 2.05) is 54.4 Å². The Morgan fingerprint density at radius 3 is 2.71 bits per heavy atom. The monoisotopic (exact) mass is 343 g/mol. The Labute approximate surface area is 145 Å². The number of halogens is 1. The molecule has 0 atom stereocenters. The lowest BCUT2D eigenvalue weighted by Gasteiger charge is -2.30. The van der Waals surface area contributed by atoms with Gasteiger partial charge in [0.15, 0.2) is 0 Å². The van der Waals surface area contributed by atoms with Gasteiger partial charge in [-0.2, -0.15) is 0 Å². The lowest BCUT2D eigenvalue weighted by molar-refractivity contribution is -0.122. The summed E-state index contributed by atoms with van der Waals surface area (Å²) in [6, 6.07) is 14.9. The highest BCUT2D eigenvalue weighted by molar-refractivity contribution is 6.31. The SMILES string of the molecule is CN(CC(=O)N1CC(=O)Nc2ccccc21)Cc1ccccc1Cl. The summed E-state index contributed by atoms with van der Waals surface area (Å²) in [6.07, 6.45) is 0. The molecule has 0 fully saturated rings. The van der Waals surface area contributed by atoms with Gasteiger partial charge in [0.25, 0.3) is 0 Å². The van der Waals surface area contributed by atoms with Crippen molar-refractivity contribution in [2.45, 2.75) is 6.54 Å². The van der Waals surface area contributed by atoms with Gasteiger partial charge in [0.05, 0.1) is 17.9 Å². The number of amides is 2. The van der Waals surface area contributed by atoms with Gasteiger partial charge in [-0.15, -0.1) is 0 Å². The van der Waals surface area contributed by atoms with Crippen LogP contribution in [0.3, 0.4) is 0 Å². The summed E-state index contributed by atoms with van der Waals surface area (Å²) < 4.78 is 0. The summed E-state index contributed by atoms with van der Waals surface area (Å²) in [7, 11) is 1.86. The number of likely N-dealkylation sites (N-methyl/N-ethyl adjacent to an activating group) is 1. The van der Waals surface area contributed by atoms with Crippen molar-refractivity contribution in [3.05, 3.63) is 59.1 Å². The Hall–Kier alpha value is -2.37. The predicted octanol–water partition coefficient (Wildman–Crippen LogP) is 2.76. The molecule has 1 N–H and O–H groups in total. The first-order valence-corrected chi connectivity index (χ1v) is 8.03. The fraction of sp³-hybridized carbons (Fsp3) is 0.222. The standard InChI is InChI=1S/C18H18ClN3O2/c1-21(10-13-6-2-3-7-14(13)19)12-18(24)22-11-17(23)20-15-8-4-5-9-16(15)22/h2-9H,10-12H2,1H3,(H,20,23). The maximum atomic E-state index is 12.7. The molecular weight excluding hydrogens is 326 g/mol. The molecule has 2 aromatic carbocycles. The molecule has 2 amide bonds. The Morgan fingerprint density at radius 2 is 1.92 bits per heavy atom. The van der Waals surface area contributed by atoms with E-state index in [2.05, 4.69) is 5.32 Å². The normalized spacial score (nSPS) is 13.6. The molecule has 1 aliphatic rings. The molecule has 2 aromatic rings. The van der Waals surface area contributed by atoms with Crippen LogP contribution in [0.25, 0.3) is 0 Å². The second-order valence-corrected chi connectivity index (χ2v) is 6.22. The van der Waals surface area contributed by atoms with Crippen LogP contribution in [0.5, 0.6) is 0 Å². The zero-order valence-electron chi connectivity index (χ0n) is 13.3. The second-order valence-electron chi connectivity index (χ2n) is 5.81. The molecule has 6 heteroatoms. The molecule has 0 aromatic heterocycles. The van der Waals surface area contributed by atoms with Crippen molar-refractivity contribution in [2.75, 3.05) is 30.4 Å². The number of hydrogen-bond acceptors (Lipinski definition) is 3. The van der Waals surface area contributed by atoms with Crippen LogP contribution in [0.15, 0.2) is 48.5 Å². The number of nitrogens with zero attached hydrogens (tertiary/aromatic N) is 2. The van der Waals surface area contributed by atoms with Gasteiger partial charge >= 0.3 is 0 Å². The number of nitrogens with one attached hydrogen (secondary N) is 1. The highest BCUT2D eigenvalue weighted by Crippen LogP contribution is 2.29. The first-order chi connectivity index (χ1) is 11.5. The van der Waals surface area contributed by atoms with Crippen molar-refractivity contribution in [3.63, 3.8) is 0 Å². The number of para-hydroxylation sites is 2. The molecule has 124 valence electrons. The summed E-state index contributed by atoms with van der Waals surface area (Å²) >= 11 is 6.16. The van der Waals surface area contributed by atoms with Gasteiger partial charge in [0.1, 0.15) is 6.54 Å². The van der Waals surface area contributed by atoms with E-state index in [0.717, 1.165) is 11.3 Å². The molecule has 0 bridgehead atoms. The van der Waals surface area contributed by atoms with Crippen molar-refractivity contribution in [1.82, 2.24) is 4.90 Å². The molecular formula is C18H18ClN3O2. The smallest absolute Gasteiger partial charge is 0.244 e. The highest BCUT2D eigenvalue weighted by atomic mass is 35.5. The number of rotatable bonds is 4. The minimum atomic E-state index is -0.184. The molecule has 24 heavy (non-hydrogen) atoms. The third-order valence-electron chi connectivity index (χ3n) is 3.87. The van der Waals surface area contributed by atoms with Crippen LogP contribution >= 0.6 is 11.6 Å². The lowest BCUT2D eigenvalue weighted by Crippen LogP contribution is -2.45. The maximum absolute atomic E-state index is 12.7. The van der Waals surface area contributed by atoms with Crippen molar-refractivity contribution >= 4 is 34.8 Å². The van der Waals surface area contributed by atoms with Crippen LogP contribution in [0.1, 0.15) is 5.56 Å². The van der Waals surface area contributed by atoms with E-state index < -0.39 is 0 Å². The fourth-order valence-corrected chi connectivity index (χ4v) is 2.94. The maximum Gasteiger partial charge on any atom is 0.244 e. The van der Waals surface area contributed by atoms with Gasteiger partial charge in [0, 0.05) is 11.6 Å². The molecule has 3 rings (SSSR count). The van der Waals surface area contributed by atoms with E-state index in [1.165, 1.54) is 4.90 Å². The largest absolute Gasteiger partial charge is 0.323 e. The van der Waals surface area contributed by atoms with Gasteiger partial charge in [-0.1, -0.05) is 41.9 Å². The summed E-state index contributed by atoms with van der Waals surface area (Å²) in [6.45, 7) is 0.801. The van der Waals surface area contributed by atoms with E-state index in [1.54, 1.807) is 6.07 Å². The average molecular weight is 344 g/mol. The van der Waals surface area contributed by atoms with Crippen LogP contribution < -0.4 is 10.2 Å². The Morgan fingerprint density at radius 1 is 1.21 bits per heavy atom. The molecule has 0 spiro atoms. The molecule has 0 saturated carbocycles. The van der Waals surface area contributed by atoms with E-state index >= 15 is 0 Å². The van der Waals surface area contributed by atoms with Crippen molar-refractivity contribution in [1.29, 1.82) is 0 Å². The molecule has 0 unspecified atom stereocenters. The molecule has 1 aliphatic heterocycles. The van der Waals surface area contributed by atoms with Crippen molar-refractivity contribution in [2.24, 2.45) is 0 Å². The summed E-state index contributed by atoms with van der Waals surface area (Å²) in [4.78, 5) is 27.9. The topological polar surface area (TPSA) is 52.7 Å². The van der Waals surface area contributed by atoms with Crippen LogP contribution in [0, 0.1) is 0 Å². The number of fused-ring (bicyclic) bond motifs is 1. The summed E-state index contributed by atoms with van der Waals surface area (Å²) in [5.74, 6) is -0.303. The van der Waals surface area contributed by atoms with E-state index in [-0.39, 0.29) is 24.9 Å². The van der Waals surface area contributed by atoms with Crippen LogP contribution in [-0.2, 0) is 16.1 Å². The van der Waals surface area contributed by atoms with Crippen LogP contribution in [-0.4, -0.2) is 36.9 Å². The molecule has 5 nitrogen and oxygen atoms in total. The zero-order valence-corrected chi connectivity index (χ0v) is 14.1. The van der Waals surface area contributed by atoms with Crippen molar-refractivity contribution in [3.8, 4) is 0 Å². The number of carbonyl (C=O) groups is 2. The number of hydrogen-bond donors (Lipinski definition) is 1. The highest BCUT2D eigenvalue weighted by Gasteiger charge is 2.27. The zero-order chi connectivity index (χ0) is 17.1. The Bertz CT molecular complexity index is 778. The molecule has 0 radical (unpaired) electrons. The Balaban J connectivity index is 1.71. The molecule has 0 aliphatic carbocycles. The molecule has 1 heterocycles. The van der Waals surface area contributed by atoms with Gasteiger partial charge in [-0.3, -0.25) is 19.4 Å². The van der Waals surface area contributed by atoms with E-state index in [4.69, 9.17) is 11.6 Å². The second kappa shape index (κ2) is 7.03. The van der Waals surface area contributed by atoms with Gasteiger partial charge < -0.3 is 5.32 Å². The third kappa shape index (κ3) is 3.58. The number of anilines is 2. The van der Waals surface area contributed by atoms with Crippen LogP contribution in [0.2, 0.25) is 5.02 Å².